The number of amides is 1. The molecule has 2 heterocycles. The Hall–Kier alpha value is -1.35. The fraction of sp³-hybridized carbons (Fsp3) is 0.353. The van der Waals surface area contributed by atoms with Crippen LogP contribution in [0.1, 0.15) is 28.9 Å². The number of carbonyl (C=O) groups is 1. The molecular weight excluding hydrogens is 376 g/mol. The molecular formula is C17H20N2O3S3. The van der Waals surface area contributed by atoms with Gasteiger partial charge in [-0.1, -0.05) is 6.42 Å². The fourth-order valence-corrected chi connectivity index (χ4v) is 5.99. The first-order valence-electron chi connectivity index (χ1n) is 8.05. The number of nitrogens with one attached hydrogen (secondary N) is 1. The van der Waals surface area contributed by atoms with Crippen molar-refractivity contribution in [2.45, 2.75) is 29.1 Å². The number of rotatable bonds is 5. The van der Waals surface area contributed by atoms with Crippen molar-refractivity contribution in [2.75, 3.05) is 24.7 Å². The van der Waals surface area contributed by atoms with Crippen molar-refractivity contribution in [3.8, 4) is 0 Å². The summed E-state index contributed by atoms with van der Waals surface area (Å²) in [5, 5.41) is 4.45. The number of hydrogen-bond acceptors (Lipinski definition) is 5. The molecule has 134 valence electrons. The summed E-state index contributed by atoms with van der Waals surface area (Å²) >= 11 is 2.77. The molecule has 1 fully saturated rings. The van der Waals surface area contributed by atoms with Crippen LogP contribution >= 0.6 is 23.1 Å². The minimum atomic E-state index is -3.62. The highest BCUT2D eigenvalue weighted by atomic mass is 32.2. The zero-order valence-electron chi connectivity index (χ0n) is 13.9. The van der Waals surface area contributed by atoms with Crippen molar-refractivity contribution in [2.24, 2.45) is 0 Å². The van der Waals surface area contributed by atoms with E-state index in [2.05, 4.69) is 5.32 Å². The second-order valence-corrected chi connectivity index (χ2v) is 9.46. The number of piperidine rings is 1. The normalized spacial score (nSPS) is 15.9. The molecule has 1 saturated heterocycles. The lowest BCUT2D eigenvalue weighted by Crippen LogP contribution is -2.36. The summed E-state index contributed by atoms with van der Waals surface area (Å²) in [6.07, 6.45) is 4.77. The smallest absolute Gasteiger partial charge is 0.267 e. The van der Waals surface area contributed by atoms with Gasteiger partial charge in [0.2, 0.25) is 10.0 Å². The lowest BCUT2D eigenvalue weighted by molar-refractivity contribution is 0.102. The molecule has 3 rings (SSSR count). The molecule has 0 bridgehead atoms. The summed E-state index contributed by atoms with van der Waals surface area (Å²) in [4.78, 5) is 14.0. The first-order chi connectivity index (χ1) is 12.0. The minimum absolute atomic E-state index is 0.109. The SMILES string of the molecule is CSc1ccc(NC(=O)c2sccc2S(=O)(=O)N2CCCCC2)cc1. The van der Waals surface area contributed by atoms with Crippen LogP contribution in [0.4, 0.5) is 5.69 Å². The molecule has 1 aliphatic rings. The molecule has 0 saturated carbocycles. The quantitative estimate of drug-likeness (QED) is 0.779. The summed E-state index contributed by atoms with van der Waals surface area (Å²) in [6, 6.07) is 8.99. The third kappa shape index (κ3) is 4.08. The zero-order chi connectivity index (χ0) is 17.9. The topological polar surface area (TPSA) is 66.5 Å². The molecule has 8 heteroatoms. The number of thiophene rings is 1. The molecule has 0 radical (unpaired) electrons. The summed E-state index contributed by atoms with van der Waals surface area (Å²) in [5.74, 6) is -0.387. The van der Waals surface area contributed by atoms with Crippen molar-refractivity contribution in [1.29, 1.82) is 0 Å². The van der Waals surface area contributed by atoms with Gasteiger partial charge in [0.25, 0.3) is 5.91 Å². The van der Waals surface area contributed by atoms with E-state index in [9.17, 15) is 13.2 Å². The number of nitrogens with zero attached hydrogens (tertiary/aromatic N) is 1. The third-order valence-corrected chi connectivity index (χ3v) is 7.84. The number of thioether (sulfide) groups is 1. The van der Waals surface area contributed by atoms with Crippen LogP contribution in [0, 0.1) is 0 Å². The first-order valence-corrected chi connectivity index (χ1v) is 11.6. The van der Waals surface area contributed by atoms with E-state index in [-0.39, 0.29) is 15.7 Å². The van der Waals surface area contributed by atoms with Gasteiger partial charge >= 0.3 is 0 Å². The molecule has 1 aliphatic heterocycles. The van der Waals surface area contributed by atoms with Crippen LogP contribution in [0.25, 0.3) is 0 Å². The predicted octanol–water partition coefficient (Wildman–Crippen LogP) is 3.90. The van der Waals surface area contributed by atoms with Crippen LogP contribution in [0.3, 0.4) is 0 Å². The molecule has 2 aromatic rings. The van der Waals surface area contributed by atoms with Crippen LogP contribution in [0.5, 0.6) is 0 Å². The molecule has 0 aliphatic carbocycles. The van der Waals surface area contributed by atoms with Crippen molar-refractivity contribution in [1.82, 2.24) is 4.31 Å². The molecule has 0 atom stereocenters. The summed E-state index contributed by atoms with van der Waals surface area (Å²) < 4.78 is 27.2. The maximum Gasteiger partial charge on any atom is 0.267 e. The van der Waals surface area contributed by atoms with E-state index in [0.29, 0.717) is 18.8 Å². The lowest BCUT2D eigenvalue weighted by atomic mass is 10.2. The van der Waals surface area contributed by atoms with Crippen LogP contribution in [0.2, 0.25) is 0 Å². The second-order valence-electron chi connectivity index (χ2n) is 5.76. The Morgan fingerprint density at radius 1 is 1.12 bits per heavy atom. The van der Waals surface area contributed by atoms with Gasteiger partial charge in [-0.3, -0.25) is 4.79 Å². The Kier molecular flexibility index (Phi) is 5.83. The summed E-state index contributed by atoms with van der Waals surface area (Å²) in [5.41, 5.74) is 0.650. The molecule has 0 spiro atoms. The van der Waals surface area contributed by atoms with Crippen molar-refractivity contribution in [3.05, 3.63) is 40.6 Å². The van der Waals surface area contributed by atoms with Crippen LogP contribution < -0.4 is 5.32 Å². The number of hydrogen-bond donors (Lipinski definition) is 1. The van der Waals surface area contributed by atoms with E-state index in [1.807, 2.05) is 30.5 Å². The molecule has 25 heavy (non-hydrogen) atoms. The fourth-order valence-electron chi connectivity index (χ4n) is 2.77. The highest BCUT2D eigenvalue weighted by Crippen LogP contribution is 2.28. The van der Waals surface area contributed by atoms with Crippen molar-refractivity contribution in [3.63, 3.8) is 0 Å². The lowest BCUT2D eigenvalue weighted by Gasteiger charge is -2.25. The van der Waals surface area contributed by atoms with Gasteiger partial charge in [-0.25, -0.2) is 8.42 Å². The van der Waals surface area contributed by atoms with E-state index in [1.165, 1.54) is 10.4 Å². The van der Waals surface area contributed by atoms with E-state index < -0.39 is 10.0 Å². The largest absolute Gasteiger partial charge is 0.321 e. The van der Waals surface area contributed by atoms with Gasteiger partial charge in [-0.15, -0.1) is 23.1 Å². The Morgan fingerprint density at radius 3 is 2.44 bits per heavy atom. The number of benzene rings is 1. The number of carbonyl (C=O) groups excluding carboxylic acids is 1. The van der Waals surface area contributed by atoms with E-state index in [4.69, 9.17) is 0 Å². The maximum atomic E-state index is 12.9. The third-order valence-electron chi connectivity index (χ3n) is 4.12. The Morgan fingerprint density at radius 2 is 1.80 bits per heavy atom. The molecule has 0 unspecified atom stereocenters. The minimum Gasteiger partial charge on any atom is -0.321 e. The predicted molar refractivity (Wildman–Crippen MR) is 103 cm³/mol. The van der Waals surface area contributed by atoms with Gasteiger partial charge in [0, 0.05) is 23.7 Å². The monoisotopic (exact) mass is 396 g/mol. The first kappa shape index (κ1) is 18.4. The summed E-state index contributed by atoms with van der Waals surface area (Å²) in [7, 11) is -3.62. The maximum absolute atomic E-state index is 12.9. The highest BCUT2D eigenvalue weighted by Gasteiger charge is 2.30. The molecule has 1 amide bonds. The van der Waals surface area contributed by atoms with Gasteiger partial charge in [0.15, 0.2) is 0 Å². The summed E-state index contributed by atoms with van der Waals surface area (Å²) in [6.45, 7) is 1.05. The molecule has 1 N–H and O–H groups in total. The Bertz CT molecular complexity index is 838. The van der Waals surface area contributed by atoms with E-state index >= 15 is 0 Å². The van der Waals surface area contributed by atoms with Crippen molar-refractivity contribution < 1.29 is 13.2 Å². The van der Waals surface area contributed by atoms with Gasteiger partial charge in [-0.2, -0.15) is 4.31 Å². The van der Waals surface area contributed by atoms with Crippen molar-refractivity contribution >= 4 is 44.7 Å². The molecule has 5 nitrogen and oxygen atoms in total. The van der Waals surface area contributed by atoms with Crippen LogP contribution in [-0.2, 0) is 10.0 Å². The highest BCUT2D eigenvalue weighted by molar-refractivity contribution is 7.98. The zero-order valence-corrected chi connectivity index (χ0v) is 16.3. The van der Waals surface area contributed by atoms with Gasteiger partial charge in [0.05, 0.1) is 0 Å². The number of anilines is 1. The second kappa shape index (κ2) is 7.90. The van der Waals surface area contributed by atoms with Gasteiger partial charge < -0.3 is 5.32 Å². The number of sulfonamides is 1. The Balaban J connectivity index is 1.81. The molecule has 1 aromatic heterocycles. The molecule has 1 aromatic carbocycles. The average Bonchev–Trinajstić information content (AvgIpc) is 3.14. The van der Waals surface area contributed by atoms with Gasteiger partial charge in [0.1, 0.15) is 9.77 Å². The Labute approximate surface area is 156 Å². The van der Waals surface area contributed by atoms with E-state index in [1.54, 1.807) is 17.1 Å². The van der Waals surface area contributed by atoms with Crippen LogP contribution in [-0.4, -0.2) is 38.0 Å². The average molecular weight is 397 g/mol. The standard InChI is InChI=1S/C17H20N2O3S3/c1-23-14-7-5-13(6-8-14)18-17(20)16-15(9-12-24-16)25(21,22)19-10-3-2-4-11-19/h5-9,12H,2-4,10-11H2,1H3,(H,18,20). The van der Waals surface area contributed by atoms with Crippen LogP contribution in [0.15, 0.2) is 45.5 Å². The van der Waals surface area contributed by atoms with E-state index in [0.717, 1.165) is 35.5 Å². The van der Waals surface area contributed by atoms with Gasteiger partial charge in [-0.05, 0) is 54.8 Å².